The van der Waals surface area contributed by atoms with E-state index in [0.29, 0.717) is 27.5 Å². The van der Waals surface area contributed by atoms with E-state index < -0.39 is 5.60 Å². The van der Waals surface area contributed by atoms with Gasteiger partial charge in [0.25, 0.3) is 5.91 Å². The summed E-state index contributed by atoms with van der Waals surface area (Å²) in [5, 5.41) is 1.13. The van der Waals surface area contributed by atoms with Gasteiger partial charge in [-0.15, -0.1) is 0 Å². The van der Waals surface area contributed by atoms with Crippen molar-refractivity contribution in [3.8, 4) is 5.75 Å². The summed E-state index contributed by atoms with van der Waals surface area (Å²) in [5.74, 6) is -0.0648. The topological polar surface area (TPSA) is 57.5 Å². The first kappa shape index (κ1) is 21.9. The minimum Gasteiger partial charge on any atom is -0.495 e. The van der Waals surface area contributed by atoms with E-state index in [4.69, 9.17) is 21.1 Å². The molecule has 0 N–H and O–H groups in total. The van der Waals surface area contributed by atoms with Crippen molar-refractivity contribution in [2.24, 2.45) is 0 Å². The normalized spacial score (nSPS) is 11.6. The highest BCUT2D eigenvalue weighted by Gasteiger charge is 2.25. The Hall–Kier alpha value is -2.79. The standard InChI is InChI=1S/C24H26ClNO4/c1-14-7-9-16(10-8-14)23(28)26-15(2)17(12-22(27)30-24(3,4)5)18-11-21(29-6)19(25)13-20(18)26/h7-11,13H,12H2,1-6H3. The predicted molar refractivity (Wildman–Crippen MR) is 119 cm³/mol. The van der Waals surface area contributed by atoms with E-state index in [1.165, 1.54) is 7.11 Å². The van der Waals surface area contributed by atoms with Gasteiger partial charge in [0.05, 0.1) is 24.1 Å². The second-order valence-corrected chi connectivity index (χ2v) is 8.74. The van der Waals surface area contributed by atoms with Gasteiger partial charge in [-0.2, -0.15) is 0 Å². The molecule has 0 aliphatic carbocycles. The third-order valence-electron chi connectivity index (χ3n) is 4.85. The summed E-state index contributed by atoms with van der Waals surface area (Å²) in [4.78, 5) is 25.9. The molecule has 1 aromatic heterocycles. The molecule has 0 aliphatic rings. The van der Waals surface area contributed by atoms with Crippen LogP contribution >= 0.6 is 11.6 Å². The smallest absolute Gasteiger partial charge is 0.310 e. The number of ether oxygens (including phenoxy) is 2. The van der Waals surface area contributed by atoms with Crippen LogP contribution in [0.5, 0.6) is 5.75 Å². The average molecular weight is 428 g/mol. The highest BCUT2D eigenvalue weighted by molar-refractivity contribution is 6.33. The molecule has 0 radical (unpaired) electrons. The van der Waals surface area contributed by atoms with E-state index in [9.17, 15) is 9.59 Å². The van der Waals surface area contributed by atoms with E-state index in [2.05, 4.69) is 0 Å². The Morgan fingerprint density at radius 1 is 1.07 bits per heavy atom. The van der Waals surface area contributed by atoms with E-state index in [1.54, 1.807) is 28.8 Å². The molecule has 6 heteroatoms. The van der Waals surface area contributed by atoms with Gasteiger partial charge in [0.15, 0.2) is 0 Å². The van der Waals surface area contributed by atoms with Crippen molar-refractivity contribution in [2.75, 3.05) is 7.11 Å². The summed E-state index contributed by atoms with van der Waals surface area (Å²) in [6.07, 6.45) is 0.0402. The molecule has 0 amide bonds. The van der Waals surface area contributed by atoms with Gasteiger partial charge in [-0.1, -0.05) is 29.3 Å². The largest absolute Gasteiger partial charge is 0.495 e. The lowest BCUT2D eigenvalue weighted by molar-refractivity contribution is -0.153. The number of esters is 1. The van der Waals surface area contributed by atoms with Crippen molar-refractivity contribution in [1.29, 1.82) is 0 Å². The fraction of sp³-hybridized carbons (Fsp3) is 0.333. The Balaban J connectivity index is 2.18. The summed E-state index contributed by atoms with van der Waals surface area (Å²) in [7, 11) is 1.53. The maximum atomic E-state index is 13.4. The quantitative estimate of drug-likeness (QED) is 0.516. The van der Waals surface area contributed by atoms with Crippen molar-refractivity contribution in [1.82, 2.24) is 4.57 Å². The number of carbonyl (C=O) groups is 2. The van der Waals surface area contributed by atoms with E-state index >= 15 is 0 Å². The van der Waals surface area contributed by atoms with Crippen molar-refractivity contribution in [3.63, 3.8) is 0 Å². The van der Waals surface area contributed by atoms with Crippen LogP contribution < -0.4 is 4.74 Å². The van der Waals surface area contributed by atoms with Crippen LogP contribution in [0.15, 0.2) is 36.4 Å². The van der Waals surface area contributed by atoms with Gasteiger partial charge >= 0.3 is 5.97 Å². The van der Waals surface area contributed by atoms with Crippen LogP contribution in [0.1, 0.15) is 48.0 Å². The maximum absolute atomic E-state index is 13.4. The summed E-state index contributed by atoms with van der Waals surface area (Å²) in [6, 6.07) is 10.8. The molecule has 2 aromatic carbocycles. The van der Waals surface area contributed by atoms with Crippen molar-refractivity contribution in [3.05, 3.63) is 63.8 Å². The lowest BCUT2D eigenvalue weighted by atomic mass is 10.1. The Bertz CT molecular complexity index is 1120. The maximum Gasteiger partial charge on any atom is 0.310 e. The first-order chi connectivity index (χ1) is 14.0. The number of fused-ring (bicyclic) bond motifs is 1. The number of rotatable bonds is 4. The molecule has 1 heterocycles. The van der Waals surface area contributed by atoms with Gasteiger partial charge in [-0.05, 0) is 64.4 Å². The molecular weight excluding hydrogens is 402 g/mol. The highest BCUT2D eigenvalue weighted by Crippen LogP contribution is 2.35. The molecule has 0 unspecified atom stereocenters. The molecule has 0 aliphatic heterocycles. The number of benzene rings is 2. The fourth-order valence-corrected chi connectivity index (χ4v) is 3.70. The van der Waals surface area contributed by atoms with Gasteiger partial charge in [0.2, 0.25) is 0 Å². The number of halogens is 1. The van der Waals surface area contributed by atoms with Crippen molar-refractivity contribution >= 4 is 34.4 Å². The summed E-state index contributed by atoms with van der Waals surface area (Å²) < 4.78 is 12.5. The van der Waals surface area contributed by atoms with E-state index in [-0.39, 0.29) is 18.3 Å². The number of hydrogen-bond donors (Lipinski definition) is 0. The van der Waals surface area contributed by atoms with Crippen LogP contribution in [0.3, 0.4) is 0 Å². The number of hydrogen-bond acceptors (Lipinski definition) is 4. The Morgan fingerprint density at radius 3 is 2.27 bits per heavy atom. The zero-order chi connectivity index (χ0) is 22.2. The monoisotopic (exact) mass is 427 g/mol. The molecule has 0 bridgehead atoms. The molecule has 30 heavy (non-hydrogen) atoms. The molecule has 5 nitrogen and oxygen atoms in total. The third kappa shape index (κ3) is 4.36. The summed E-state index contributed by atoms with van der Waals surface area (Å²) >= 11 is 6.36. The van der Waals surface area contributed by atoms with Crippen LogP contribution in [-0.2, 0) is 16.0 Å². The number of aromatic nitrogens is 1. The molecular formula is C24H26ClNO4. The molecule has 0 spiro atoms. The minimum atomic E-state index is -0.595. The number of methoxy groups -OCH3 is 1. The molecule has 158 valence electrons. The van der Waals surface area contributed by atoms with Crippen LogP contribution in [0.4, 0.5) is 0 Å². The summed E-state index contributed by atoms with van der Waals surface area (Å²) in [6.45, 7) is 9.27. The van der Waals surface area contributed by atoms with Crippen LogP contribution in [0.2, 0.25) is 5.02 Å². The minimum absolute atomic E-state index is 0.0402. The first-order valence-electron chi connectivity index (χ1n) is 9.72. The number of carbonyl (C=O) groups excluding carboxylic acids is 2. The number of aryl methyl sites for hydroxylation is 1. The fourth-order valence-electron chi connectivity index (χ4n) is 3.47. The van der Waals surface area contributed by atoms with Crippen LogP contribution in [0, 0.1) is 13.8 Å². The average Bonchev–Trinajstić information content (AvgIpc) is 2.90. The zero-order valence-electron chi connectivity index (χ0n) is 18.1. The zero-order valence-corrected chi connectivity index (χ0v) is 18.9. The Kier molecular flexibility index (Phi) is 5.95. The SMILES string of the molecule is COc1cc2c(CC(=O)OC(C)(C)C)c(C)n(C(=O)c3ccc(C)cc3)c2cc1Cl. The first-order valence-corrected chi connectivity index (χ1v) is 10.1. The Morgan fingerprint density at radius 2 is 1.70 bits per heavy atom. The van der Waals surface area contributed by atoms with Crippen molar-refractivity contribution < 1.29 is 19.1 Å². The van der Waals surface area contributed by atoms with Gasteiger partial charge in [-0.25, -0.2) is 0 Å². The van der Waals surface area contributed by atoms with Gasteiger partial charge in [-0.3, -0.25) is 14.2 Å². The highest BCUT2D eigenvalue weighted by atomic mass is 35.5. The van der Waals surface area contributed by atoms with Crippen LogP contribution in [-0.4, -0.2) is 29.2 Å². The third-order valence-corrected chi connectivity index (χ3v) is 5.15. The lowest BCUT2D eigenvalue weighted by Gasteiger charge is -2.19. The molecule has 0 saturated carbocycles. The second kappa shape index (κ2) is 8.15. The molecule has 0 saturated heterocycles. The van der Waals surface area contributed by atoms with Gasteiger partial charge in [0.1, 0.15) is 11.4 Å². The van der Waals surface area contributed by atoms with Gasteiger partial charge < -0.3 is 9.47 Å². The van der Waals surface area contributed by atoms with E-state index in [0.717, 1.165) is 16.5 Å². The van der Waals surface area contributed by atoms with E-state index in [1.807, 2.05) is 46.8 Å². The molecule has 3 aromatic rings. The Labute approximate surface area is 181 Å². The van der Waals surface area contributed by atoms with Crippen LogP contribution in [0.25, 0.3) is 10.9 Å². The molecule has 0 atom stereocenters. The summed E-state index contributed by atoms with van der Waals surface area (Å²) in [5.41, 5.74) is 3.04. The molecule has 3 rings (SSSR count). The second-order valence-electron chi connectivity index (χ2n) is 8.34. The lowest BCUT2D eigenvalue weighted by Crippen LogP contribution is -2.25. The number of nitrogens with zero attached hydrogens (tertiary/aromatic N) is 1. The predicted octanol–water partition coefficient (Wildman–Crippen LogP) is 5.49. The molecule has 0 fully saturated rings. The van der Waals surface area contributed by atoms with Gasteiger partial charge in [0, 0.05) is 16.6 Å². The van der Waals surface area contributed by atoms with Crippen molar-refractivity contribution in [2.45, 2.75) is 46.6 Å².